The number of benzene rings is 1. The number of amides is 1. The van der Waals surface area contributed by atoms with Crippen LogP contribution in [0.3, 0.4) is 0 Å². The van der Waals surface area contributed by atoms with E-state index < -0.39 is 17.1 Å². The van der Waals surface area contributed by atoms with Crippen molar-refractivity contribution in [1.82, 2.24) is 10.2 Å². The van der Waals surface area contributed by atoms with E-state index in [2.05, 4.69) is 10.2 Å². The summed E-state index contributed by atoms with van der Waals surface area (Å²) in [5, 5.41) is 25.9. The summed E-state index contributed by atoms with van der Waals surface area (Å²) in [6, 6.07) is 3.77. The van der Waals surface area contributed by atoms with Crippen LogP contribution < -0.4 is 10.1 Å². The summed E-state index contributed by atoms with van der Waals surface area (Å²) in [4.78, 5) is 15.1. The van der Waals surface area contributed by atoms with E-state index >= 15 is 0 Å². The Labute approximate surface area is 188 Å². The number of aliphatic hydroxyl groups is 1. The molecule has 2 aliphatic heterocycles. The molecule has 3 aliphatic carbocycles. The molecule has 1 amide bonds. The van der Waals surface area contributed by atoms with Gasteiger partial charge in [-0.3, -0.25) is 9.69 Å². The van der Waals surface area contributed by atoms with Crippen LogP contribution in [0.4, 0.5) is 0 Å². The Kier molecular flexibility index (Phi) is 4.62. The van der Waals surface area contributed by atoms with Crippen molar-refractivity contribution >= 4 is 5.91 Å². The molecule has 2 saturated carbocycles. The van der Waals surface area contributed by atoms with Gasteiger partial charge in [0.15, 0.2) is 11.5 Å². The van der Waals surface area contributed by atoms with E-state index in [1.54, 1.807) is 19.3 Å². The van der Waals surface area contributed by atoms with Gasteiger partial charge in [0.05, 0.1) is 17.6 Å². The predicted octanol–water partition coefficient (Wildman–Crippen LogP) is 1.65. The summed E-state index contributed by atoms with van der Waals surface area (Å²) in [7, 11) is 1.61. The zero-order valence-corrected chi connectivity index (χ0v) is 18.6. The number of carbonyl (C=O) groups is 1. The molecule has 32 heavy (non-hydrogen) atoms. The van der Waals surface area contributed by atoms with E-state index in [1.807, 2.05) is 6.07 Å². The third-order valence-electron chi connectivity index (χ3n) is 8.57. The Morgan fingerprint density at radius 3 is 3.00 bits per heavy atom. The normalized spacial score (nSPS) is 36.0. The number of nitrogens with one attached hydrogen (secondary N) is 1. The maximum atomic E-state index is 12.6. The average Bonchev–Trinajstić information content (AvgIpc) is 3.51. The summed E-state index contributed by atoms with van der Waals surface area (Å²) in [6.45, 7) is 2.87. The molecule has 7 nitrogen and oxygen atoms in total. The number of phenolic OH excluding ortho intramolecular Hbond substituents is 1. The van der Waals surface area contributed by atoms with Crippen molar-refractivity contribution in [2.75, 3.05) is 33.4 Å². The fourth-order valence-corrected chi connectivity index (χ4v) is 6.98. The van der Waals surface area contributed by atoms with Crippen LogP contribution in [-0.2, 0) is 21.4 Å². The highest BCUT2D eigenvalue weighted by Gasteiger charge is 2.72. The monoisotopic (exact) mass is 440 g/mol. The van der Waals surface area contributed by atoms with Gasteiger partial charge in [0.1, 0.15) is 6.10 Å². The lowest BCUT2D eigenvalue weighted by Gasteiger charge is -2.63. The molecule has 4 atom stereocenters. The lowest BCUT2D eigenvalue weighted by atomic mass is 9.48. The Morgan fingerprint density at radius 1 is 1.38 bits per heavy atom. The number of piperidine rings is 1. The van der Waals surface area contributed by atoms with Crippen molar-refractivity contribution in [3.8, 4) is 11.5 Å². The summed E-state index contributed by atoms with van der Waals surface area (Å²) >= 11 is 0. The predicted molar refractivity (Wildman–Crippen MR) is 118 cm³/mol. The fraction of sp³-hybridized carbons (Fsp3) is 0.640. The van der Waals surface area contributed by atoms with Gasteiger partial charge in [0, 0.05) is 37.9 Å². The summed E-state index contributed by atoms with van der Waals surface area (Å²) < 4.78 is 11.5. The Hall–Kier alpha value is -2.09. The molecule has 7 heteroatoms. The number of ether oxygens (including phenoxy) is 2. The van der Waals surface area contributed by atoms with E-state index in [-0.39, 0.29) is 17.7 Å². The summed E-state index contributed by atoms with van der Waals surface area (Å²) in [6.07, 6.45) is 6.56. The van der Waals surface area contributed by atoms with Crippen LogP contribution in [0.1, 0.15) is 43.2 Å². The van der Waals surface area contributed by atoms with Crippen molar-refractivity contribution < 1.29 is 24.5 Å². The first-order chi connectivity index (χ1) is 15.5. The van der Waals surface area contributed by atoms with Gasteiger partial charge in [-0.15, -0.1) is 0 Å². The van der Waals surface area contributed by atoms with Crippen LogP contribution in [0.5, 0.6) is 11.5 Å². The molecule has 2 heterocycles. The Bertz CT molecular complexity index is 989. The lowest BCUT2D eigenvalue weighted by molar-refractivity contribution is -0.174. The molecule has 0 radical (unpaired) electrons. The molecule has 172 valence electrons. The number of carbonyl (C=O) groups excluding carboxylic acids is 1. The van der Waals surface area contributed by atoms with Gasteiger partial charge in [-0.05, 0) is 68.2 Å². The second kappa shape index (κ2) is 7.20. The second-order valence-corrected chi connectivity index (χ2v) is 10.3. The van der Waals surface area contributed by atoms with Crippen LogP contribution in [-0.4, -0.2) is 72.1 Å². The molecule has 2 bridgehead atoms. The maximum Gasteiger partial charge on any atom is 0.244 e. The van der Waals surface area contributed by atoms with Gasteiger partial charge >= 0.3 is 0 Å². The molecule has 3 N–H and O–H groups in total. The van der Waals surface area contributed by atoms with Crippen molar-refractivity contribution in [2.45, 2.75) is 61.7 Å². The number of aromatic hydroxyl groups is 1. The first-order valence-electron chi connectivity index (χ1n) is 11.9. The van der Waals surface area contributed by atoms with Crippen molar-refractivity contribution in [3.63, 3.8) is 0 Å². The third-order valence-corrected chi connectivity index (χ3v) is 8.57. The smallest absolute Gasteiger partial charge is 0.244 e. The van der Waals surface area contributed by atoms with Crippen LogP contribution >= 0.6 is 0 Å². The second-order valence-electron chi connectivity index (χ2n) is 10.3. The van der Waals surface area contributed by atoms with Gasteiger partial charge in [-0.1, -0.05) is 6.07 Å². The Balaban J connectivity index is 1.42. The zero-order chi connectivity index (χ0) is 22.1. The molecular weight excluding hydrogens is 408 g/mol. The number of methoxy groups -OCH3 is 1. The molecule has 1 saturated heterocycles. The van der Waals surface area contributed by atoms with E-state index in [9.17, 15) is 15.0 Å². The number of hydrogen-bond donors (Lipinski definition) is 3. The largest absolute Gasteiger partial charge is 0.504 e. The van der Waals surface area contributed by atoms with Crippen molar-refractivity contribution in [1.29, 1.82) is 0 Å². The molecule has 0 unspecified atom stereocenters. The molecule has 1 aromatic carbocycles. The third kappa shape index (κ3) is 2.74. The number of phenols is 1. The number of rotatable bonds is 6. The van der Waals surface area contributed by atoms with Crippen LogP contribution in [0.25, 0.3) is 0 Å². The highest BCUT2D eigenvalue weighted by Crippen LogP contribution is 2.66. The van der Waals surface area contributed by atoms with Gasteiger partial charge in [-0.2, -0.15) is 0 Å². The molecule has 1 spiro atoms. The van der Waals surface area contributed by atoms with Crippen molar-refractivity contribution in [3.05, 3.63) is 34.9 Å². The van der Waals surface area contributed by atoms with Gasteiger partial charge in [0.25, 0.3) is 0 Å². The number of hydrogen-bond acceptors (Lipinski definition) is 6. The number of nitrogens with zero attached hydrogens (tertiary/aromatic N) is 1. The average molecular weight is 441 g/mol. The van der Waals surface area contributed by atoms with Gasteiger partial charge < -0.3 is 25.0 Å². The molecule has 3 fully saturated rings. The molecule has 0 aromatic heterocycles. The van der Waals surface area contributed by atoms with E-state index in [0.717, 1.165) is 43.0 Å². The fourth-order valence-electron chi connectivity index (χ4n) is 6.98. The minimum absolute atomic E-state index is 0.0445. The van der Waals surface area contributed by atoms with Crippen molar-refractivity contribution in [2.24, 2.45) is 5.92 Å². The summed E-state index contributed by atoms with van der Waals surface area (Å²) in [5.74, 6) is 1.22. The van der Waals surface area contributed by atoms with E-state index in [0.29, 0.717) is 31.7 Å². The van der Waals surface area contributed by atoms with Gasteiger partial charge in [-0.25, -0.2) is 0 Å². The number of likely N-dealkylation sites (tertiary alicyclic amines) is 1. The minimum atomic E-state index is -0.930. The lowest BCUT2D eigenvalue weighted by Crippen LogP contribution is -2.75. The van der Waals surface area contributed by atoms with E-state index in [1.165, 1.54) is 18.4 Å². The highest BCUT2D eigenvalue weighted by molar-refractivity contribution is 5.88. The standard InChI is InChI=1S/C25H32N2O5/c1-31-11-9-26-20(29)13-17-6-7-25(30)19-12-16-4-5-18(28)22-21(16)24(25,23(17)32-22)8-10-27(19)14-15-2-3-15/h4-5,13,15,19,23,28,30H,2-3,6-12,14H2,1H3,(H,26,29)/t19-,23+,24+,25-/m1/s1. The van der Waals surface area contributed by atoms with Crippen LogP contribution in [0.15, 0.2) is 23.8 Å². The van der Waals surface area contributed by atoms with Gasteiger partial charge in [0.2, 0.25) is 5.91 Å². The molecule has 5 aliphatic rings. The topological polar surface area (TPSA) is 91.3 Å². The highest BCUT2D eigenvalue weighted by atomic mass is 16.5. The van der Waals surface area contributed by atoms with Crippen LogP contribution in [0, 0.1) is 5.92 Å². The molecule has 1 aromatic rings. The molecule has 6 rings (SSSR count). The maximum absolute atomic E-state index is 12.6. The summed E-state index contributed by atoms with van der Waals surface area (Å²) in [5.41, 5.74) is 1.51. The minimum Gasteiger partial charge on any atom is -0.504 e. The zero-order valence-electron chi connectivity index (χ0n) is 18.6. The SMILES string of the molecule is COCCNC(=O)C=C1CC[C@@]2(O)[C@H]3Cc4ccc(O)c5c4[C@@]2(CCN3CC2CC2)[C@H]1O5. The quantitative estimate of drug-likeness (QED) is 0.460. The molecular formula is C25H32N2O5. The Morgan fingerprint density at radius 2 is 2.22 bits per heavy atom. The van der Waals surface area contributed by atoms with E-state index in [4.69, 9.17) is 9.47 Å². The first-order valence-corrected chi connectivity index (χ1v) is 11.9. The first kappa shape index (κ1) is 20.5. The van der Waals surface area contributed by atoms with Crippen LogP contribution in [0.2, 0.25) is 0 Å².